The Morgan fingerprint density at radius 2 is 0.984 bits per heavy atom. The third-order valence-corrected chi connectivity index (χ3v) is 13.0. The second kappa shape index (κ2) is 43.7. The van der Waals surface area contributed by atoms with Crippen molar-refractivity contribution in [2.75, 3.05) is 26.2 Å². The first-order chi connectivity index (χ1) is 29.9. The van der Waals surface area contributed by atoms with Crippen molar-refractivity contribution in [3.63, 3.8) is 0 Å². The summed E-state index contributed by atoms with van der Waals surface area (Å²) in [4.78, 5) is 28.1. The number of rotatable bonds is 47. The first-order valence-electron chi connectivity index (χ1n) is 26.3. The van der Waals surface area contributed by atoms with Crippen LogP contribution in [0.3, 0.4) is 0 Å². The number of aromatic nitrogens is 1. The Kier molecular flexibility index (Phi) is 41.1. The number of ether oxygens (including phenoxy) is 2. The first kappa shape index (κ1) is 57.4. The summed E-state index contributed by atoms with van der Waals surface area (Å²) < 4.78 is 20.6. The van der Waals surface area contributed by atoms with Crippen LogP contribution < -0.4 is 4.72 Å². The number of carbonyl (C=O) groups excluding carboxylic acids is 2. The van der Waals surface area contributed by atoms with Crippen LogP contribution in [0.5, 0.6) is 0 Å². The number of nitrogens with zero attached hydrogens (tertiary/aromatic N) is 2. The molecule has 0 aliphatic carbocycles. The molecule has 0 aromatic carbocycles. The summed E-state index contributed by atoms with van der Waals surface area (Å²) in [6, 6.07) is 2.00. The highest BCUT2D eigenvalue weighted by atomic mass is 32.2. The second-order valence-electron chi connectivity index (χ2n) is 18.1. The van der Waals surface area contributed by atoms with Crippen LogP contribution in [0.4, 0.5) is 0 Å². The summed E-state index contributed by atoms with van der Waals surface area (Å²) in [7, 11) is 0. The van der Waals surface area contributed by atoms with Crippen LogP contribution in [0, 0.1) is 6.92 Å². The number of esters is 2. The van der Waals surface area contributed by atoms with Crippen LogP contribution in [-0.2, 0) is 24.8 Å². The normalized spacial score (nSPS) is 12.2. The van der Waals surface area contributed by atoms with Gasteiger partial charge in [0.05, 0.1) is 11.4 Å². The minimum Gasteiger partial charge on any atom is -0.462 e. The smallest absolute Gasteiger partial charge is 0.306 e. The quantitative estimate of drug-likeness (QED) is 0.0390. The van der Waals surface area contributed by atoms with E-state index >= 15 is 0 Å². The van der Waals surface area contributed by atoms with Gasteiger partial charge in [0.1, 0.15) is 18.0 Å². The molecule has 1 aromatic heterocycles. The predicted molar refractivity (Wildman–Crippen MR) is 261 cm³/mol. The molecular weight excluding hydrogens is 779 g/mol. The maximum absolute atomic E-state index is 12.9. The van der Waals surface area contributed by atoms with Gasteiger partial charge in [-0.25, -0.2) is 0 Å². The van der Waals surface area contributed by atoms with Gasteiger partial charge in [-0.2, -0.15) is 0 Å². The standard InChI is InChI=1S/C52H99N3O5S/c1-6-10-13-16-21-28-36-49(9-4)58-51(56)39-31-24-19-26-33-42-55(44-35-41-53-61-46-48-45-47(5)60-54-48)43-34-27-20-25-32-40-52(57)59-50(37-29-22-17-14-11-7-2)38-30-23-18-15-12-8-3/h45,49-50,53H,6-44,46H2,1-5H3. The Hall–Kier alpha value is -1.58. The van der Waals surface area contributed by atoms with Gasteiger partial charge in [0.2, 0.25) is 0 Å². The largest absolute Gasteiger partial charge is 0.462 e. The van der Waals surface area contributed by atoms with Gasteiger partial charge in [-0.3, -0.25) is 14.3 Å². The van der Waals surface area contributed by atoms with Crippen molar-refractivity contribution in [1.29, 1.82) is 0 Å². The maximum atomic E-state index is 12.9. The summed E-state index contributed by atoms with van der Waals surface area (Å²) in [6.07, 6.45) is 40.8. The van der Waals surface area contributed by atoms with E-state index in [4.69, 9.17) is 14.0 Å². The Morgan fingerprint density at radius 1 is 0.574 bits per heavy atom. The van der Waals surface area contributed by atoms with E-state index in [-0.39, 0.29) is 24.1 Å². The molecule has 1 atom stereocenters. The Morgan fingerprint density at radius 3 is 1.44 bits per heavy atom. The molecule has 0 aliphatic rings. The molecule has 0 amide bonds. The molecule has 0 radical (unpaired) electrons. The maximum Gasteiger partial charge on any atom is 0.306 e. The lowest BCUT2D eigenvalue weighted by atomic mass is 10.0. The van der Waals surface area contributed by atoms with Crippen molar-refractivity contribution in [3.8, 4) is 0 Å². The number of carbonyl (C=O) groups is 2. The molecule has 0 fully saturated rings. The van der Waals surface area contributed by atoms with E-state index < -0.39 is 0 Å². The van der Waals surface area contributed by atoms with Crippen LogP contribution in [0.15, 0.2) is 10.6 Å². The highest BCUT2D eigenvalue weighted by Gasteiger charge is 2.15. The number of aryl methyl sites for hydroxylation is 1. The fourth-order valence-corrected chi connectivity index (χ4v) is 8.89. The number of hydrogen-bond acceptors (Lipinski definition) is 9. The van der Waals surface area contributed by atoms with E-state index in [1.54, 1.807) is 11.9 Å². The third-order valence-electron chi connectivity index (χ3n) is 12.2. The molecule has 0 aliphatic heterocycles. The van der Waals surface area contributed by atoms with Crippen molar-refractivity contribution < 1.29 is 23.6 Å². The van der Waals surface area contributed by atoms with Crippen molar-refractivity contribution in [1.82, 2.24) is 14.8 Å². The van der Waals surface area contributed by atoms with Gasteiger partial charge in [-0.1, -0.05) is 180 Å². The highest BCUT2D eigenvalue weighted by Crippen LogP contribution is 2.19. The summed E-state index contributed by atoms with van der Waals surface area (Å²) in [6.45, 7) is 15.2. The van der Waals surface area contributed by atoms with Gasteiger partial charge in [-0.05, 0) is 104 Å². The zero-order chi connectivity index (χ0) is 44.3. The SMILES string of the molecule is CCCCCCCCC(CC)OC(=O)CCCCCCCN(CCCCCCCC(=O)OC(CCCCCCCC)CCCCCCCC)CCCNSCc1cc(C)on1. The Bertz CT molecular complexity index is 1090. The molecule has 0 saturated carbocycles. The molecule has 1 heterocycles. The summed E-state index contributed by atoms with van der Waals surface area (Å²) in [5.74, 6) is 1.70. The molecule has 8 nitrogen and oxygen atoms in total. The predicted octanol–water partition coefficient (Wildman–Crippen LogP) is 15.6. The van der Waals surface area contributed by atoms with Crippen molar-refractivity contribution in [3.05, 3.63) is 17.5 Å². The van der Waals surface area contributed by atoms with Crippen molar-refractivity contribution >= 4 is 23.9 Å². The van der Waals surface area contributed by atoms with Gasteiger partial charge < -0.3 is 18.9 Å². The molecule has 0 saturated heterocycles. The number of hydrogen-bond donors (Lipinski definition) is 1. The van der Waals surface area contributed by atoms with Crippen molar-refractivity contribution in [2.45, 2.75) is 277 Å². The molecular formula is C52H99N3O5S. The van der Waals surface area contributed by atoms with Crippen LogP contribution in [0.1, 0.15) is 264 Å². The van der Waals surface area contributed by atoms with Gasteiger partial charge in [0.15, 0.2) is 0 Å². The summed E-state index contributed by atoms with van der Waals surface area (Å²) in [5, 5.41) is 4.09. The molecule has 61 heavy (non-hydrogen) atoms. The highest BCUT2D eigenvalue weighted by molar-refractivity contribution is 7.96. The molecule has 1 rings (SSSR count). The number of unbranched alkanes of at least 4 members (excludes halogenated alkanes) is 23. The lowest BCUT2D eigenvalue weighted by Gasteiger charge is -2.22. The fraction of sp³-hybridized carbons (Fsp3) is 0.904. The monoisotopic (exact) mass is 878 g/mol. The molecule has 9 heteroatoms. The van der Waals surface area contributed by atoms with E-state index in [1.165, 1.54) is 154 Å². The Balaban J connectivity index is 2.36. The van der Waals surface area contributed by atoms with Gasteiger partial charge >= 0.3 is 11.9 Å². The minimum absolute atomic E-state index is 0.00176. The van der Waals surface area contributed by atoms with E-state index in [1.807, 2.05) is 13.0 Å². The van der Waals surface area contributed by atoms with Crippen LogP contribution in [0.25, 0.3) is 0 Å². The van der Waals surface area contributed by atoms with E-state index in [0.29, 0.717) is 12.8 Å². The van der Waals surface area contributed by atoms with Crippen LogP contribution in [0.2, 0.25) is 0 Å². The fourth-order valence-electron chi connectivity index (χ4n) is 8.22. The summed E-state index contributed by atoms with van der Waals surface area (Å²) in [5.41, 5.74) is 0.982. The zero-order valence-electron chi connectivity index (χ0n) is 40.9. The van der Waals surface area contributed by atoms with Gasteiger partial charge in [-0.15, -0.1) is 0 Å². The lowest BCUT2D eigenvalue weighted by molar-refractivity contribution is -0.150. The Labute approximate surface area is 381 Å². The van der Waals surface area contributed by atoms with Crippen LogP contribution in [-0.4, -0.2) is 60.4 Å². The van der Waals surface area contributed by atoms with E-state index in [0.717, 1.165) is 101 Å². The first-order valence-corrected chi connectivity index (χ1v) is 27.3. The number of nitrogens with one attached hydrogen (secondary N) is 1. The zero-order valence-corrected chi connectivity index (χ0v) is 41.7. The molecule has 358 valence electrons. The van der Waals surface area contributed by atoms with E-state index in [9.17, 15) is 9.59 Å². The van der Waals surface area contributed by atoms with Gasteiger partial charge in [0, 0.05) is 25.5 Å². The average molecular weight is 878 g/mol. The van der Waals surface area contributed by atoms with Crippen LogP contribution >= 0.6 is 11.9 Å². The average Bonchev–Trinajstić information content (AvgIpc) is 3.68. The minimum atomic E-state index is -0.00176. The molecule has 1 unspecified atom stereocenters. The second-order valence-corrected chi connectivity index (χ2v) is 19.0. The third kappa shape index (κ3) is 37.5. The molecule has 0 bridgehead atoms. The lowest BCUT2D eigenvalue weighted by Crippen LogP contribution is -2.29. The molecule has 0 spiro atoms. The topological polar surface area (TPSA) is 93.9 Å². The molecule has 1 aromatic rings. The van der Waals surface area contributed by atoms with Crippen molar-refractivity contribution in [2.24, 2.45) is 0 Å². The van der Waals surface area contributed by atoms with Gasteiger partial charge in [0.25, 0.3) is 0 Å². The summed E-state index contributed by atoms with van der Waals surface area (Å²) >= 11 is 1.70. The van der Waals surface area contributed by atoms with E-state index in [2.05, 4.69) is 42.5 Å². The molecule has 1 N–H and O–H groups in total.